The number of halogens is 1. The number of aryl methyl sites for hydroxylation is 1. The third-order valence-corrected chi connectivity index (χ3v) is 5.29. The van der Waals surface area contributed by atoms with Gasteiger partial charge in [-0.3, -0.25) is 9.48 Å². The minimum absolute atomic E-state index is 0.0167. The molecule has 2 aromatic carbocycles. The molecule has 0 aliphatic carbocycles. The highest BCUT2D eigenvalue weighted by molar-refractivity contribution is 6.31. The van der Waals surface area contributed by atoms with Crippen LogP contribution in [0.2, 0.25) is 5.02 Å². The molecule has 0 aliphatic heterocycles. The van der Waals surface area contributed by atoms with Crippen molar-refractivity contribution >= 4 is 17.6 Å². The summed E-state index contributed by atoms with van der Waals surface area (Å²) < 4.78 is 19.0. The molecule has 33 heavy (non-hydrogen) atoms. The van der Waals surface area contributed by atoms with Gasteiger partial charge in [-0.25, -0.2) is 0 Å². The number of carboxylic acid groups (broad SMARTS) is 1. The largest absolute Gasteiger partial charge is 0.493 e. The monoisotopic (exact) mass is 472 g/mol. The number of carboxylic acids is 1. The number of benzene rings is 2. The number of nitrogens with zero attached hydrogens (tertiary/aromatic N) is 2. The summed E-state index contributed by atoms with van der Waals surface area (Å²) in [4.78, 5) is 11.2. The average Bonchev–Trinajstić information content (AvgIpc) is 3.13. The van der Waals surface area contributed by atoms with Crippen molar-refractivity contribution in [3.05, 3.63) is 70.4 Å². The van der Waals surface area contributed by atoms with Gasteiger partial charge in [0.25, 0.3) is 0 Å². The van der Waals surface area contributed by atoms with Crippen LogP contribution < -0.4 is 14.2 Å². The van der Waals surface area contributed by atoms with Crippen molar-refractivity contribution in [3.8, 4) is 17.4 Å². The quantitative estimate of drug-likeness (QED) is 0.373. The highest BCUT2D eigenvalue weighted by Crippen LogP contribution is 2.31. The number of hydrogen-bond acceptors (Lipinski definition) is 5. The lowest BCUT2D eigenvalue weighted by molar-refractivity contribution is -0.136. The van der Waals surface area contributed by atoms with E-state index in [1.807, 2.05) is 48.9 Å². The van der Waals surface area contributed by atoms with E-state index in [1.54, 1.807) is 18.2 Å². The maximum absolute atomic E-state index is 11.2. The second kappa shape index (κ2) is 11.6. The van der Waals surface area contributed by atoms with E-state index in [9.17, 15) is 9.90 Å². The number of methoxy groups -OCH3 is 1. The normalized spacial score (nSPS) is 10.9. The molecule has 0 fully saturated rings. The van der Waals surface area contributed by atoms with Crippen LogP contribution in [-0.4, -0.2) is 40.7 Å². The highest BCUT2D eigenvalue weighted by atomic mass is 35.5. The van der Waals surface area contributed by atoms with Gasteiger partial charge in [-0.15, -0.1) is 5.10 Å². The molecule has 3 rings (SSSR count). The lowest BCUT2D eigenvalue weighted by Crippen LogP contribution is -2.10. The molecular formula is C25H29ClN2O5. The van der Waals surface area contributed by atoms with Crippen LogP contribution in [0.4, 0.5) is 0 Å². The van der Waals surface area contributed by atoms with Crippen LogP contribution in [0.15, 0.2) is 48.5 Å². The van der Waals surface area contributed by atoms with Crippen LogP contribution >= 0.6 is 11.6 Å². The van der Waals surface area contributed by atoms with Gasteiger partial charge in [-0.05, 0) is 44.4 Å². The summed E-state index contributed by atoms with van der Waals surface area (Å²) in [5.74, 6) is 0.636. The van der Waals surface area contributed by atoms with Gasteiger partial charge >= 0.3 is 5.97 Å². The average molecular weight is 473 g/mol. The third kappa shape index (κ3) is 6.89. The van der Waals surface area contributed by atoms with E-state index in [-0.39, 0.29) is 12.5 Å². The topological polar surface area (TPSA) is 82.8 Å². The number of aromatic nitrogens is 2. The Labute approximate surface area is 198 Å². The number of rotatable bonds is 12. The van der Waals surface area contributed by atoms with Gasteiger partial charge in [0.1, 0.15) is 0 Å². The van der Waals surface area contributed by atoms with Crippen LogP contribution in [0.3, 0.4) is 0 Å². The van der Waals surface area contributed by atoms with E-state index in [1.165, 1.54) is 7.11 Å². The number of para-hydroxylation sites is 1. The second-order valence-corrected chi connectivity index (χ2v) is 8.27. The van der Waals surface area contributed by atoms with Crippen molar-refractivity contribution in [2.75, 3.05) is 13.7 Å². The van der Waals surface area contributed by atoms with Crippen molar-refractivity contribution in [1.29, 1.82) is 0 Å². The number of aliphatic carboxylic acids is 1. The zero-order valence-electron chi connectivity index (χ0n) is 19.1. The van der Waals surface area contributed by atoms with Gasteiger partial charge in [-0.1, -0.05) is 41.9 Å². The van der Waals surface area contributed by atoms with Crippen molar-refractivity contribution < 1.29 is 24.1 Å². The van der Waals surface area contributed by atoms with Gasteiger partial charge in [0.05, 0.1) is 32.8 Å². The van der Waals surface area contributed by atoms with Crippen LogP contribution in [0.5, 0.6) is 17.4 Å². The Morgan fingerprint density at radius 3 is 2.61 bits per heavy atom. The molecule has 8 heteroatoms. The van der Waals surface area contributed by atoms with E-state index in [0.29, 0.717) is 54.0 Å². The van der Waals surface area contributed by atoms with Crippen molar-refractivity contribution in [1.82, 2.24) is 9.78 Å². The maximum Gasteiger partial charge on any atom is 0.307 e. The standard InChI is InChI=1S/C25H29ClN2O5/c1-17(2)33-23-15-20(28(27-23)16-19-8-4-5-11-21(19)26)10-7-13-32-25-18(14-24(29)30)9-6-12-22(25)31-3/h4-6,8-9,11-12,15,17H,7,10,13-14,16H2,1-3H3,(H,29,30). The van der Waals surface area contributed by atoms with E-state index < -0.39 is 5.97 Å². The molecule has 0 aliphatic rings. The fourth-order valence-corrected chi connectivity index (χ4v) is 3.67. The lowest BCUT2D eigenvalue weighted by atomic mass is 10.1. The molecule has 176 valence electrons. The van der Waals surface area contributed by atoms with E-state index in [0.717, 1.165) is 11.3 Å². The van der Waals surface area contributed by atoms with E-state index in [2.05, 4.69) is 5.10 Å². The summed E-state index contributed by atoms with van der Waals surface area (Å²) in [5.41, 5.74) is 2.56. The van der Waals surface area contributed by atoms with Crippen LogP contribution in [-0.2, 0) is 24.2 Å². The Kier molecular flexibility index (Phi) is 8.60. The molecule has 1 heterocycles. The van der Waals surface area contributed by atoms with Gasteiger partial charge in [0, 0.05) is 22.3 Å². The smallest absolute Gasteiger partial charge is 0.307 e. The molecular weight excluding hydrogens is 444 g/mol. The summed E-state index contributed by atoms with van der Waals surface area (Å²) in [6.07, 6.45) is 1.28. The maximum atomic E-state index is 11.2. The van der Waals surface area contributed by atoms with Gasteiger partial charge < -0.3 is 19.3 Å². The first kappa shape index (κ1) is 24.5. The molecule has 0 atom stereocenters. The fraction of sp³-hybridized carbons (Fsp3) is 0.360. The highest BCUT2D eigenvalue weighted by Gasteiger charge is 2.15. The van der Waals surface area contributed by atoms with Crippen LogP contribution in [0, 0.1) is 0 Å². The fourth-order valence-electron chi connectivity index (χ4n) is 3.47. The van der Waals surface area contributed by atoms with Crippen molar-refractivity contribution in [3.63, 3.8) is 0 Å². The van der Waals surface area contributed by atoms with Crippen molar-refractivity contribution in [2.24, 2.45) is 0 Å². The lowest BCUT2D eigenvalue weighted by Gasteiger charge is -2.14. The van der Waals surface area contributed by atoms with Crippen LogP contribution in [0.25, 0.3) is 0 Å². The van der Waals surface area contributed by atoms with Crippen LogP contribution in [0.1, 0.15) is 37.1 Å². The molecule has 0 saturated heterocycles. The molecule has 0 amide bonds. The Bertz CT molecular complexity index is 1080. The zero-order chi connectivity index (χ0) is 23.8. The number of hydrogen-bond donors (Lipinski definition) is 1. The molecule has 3 aromatic rings. The summed E-state index contributed by atoms with van der Waals surface area (Å²) in [5, 5.41) is 14.5. The Balaban J connectivity index is 1.70. The van der Waals surface area contributed by atoms with Gasteiger partial charge in [0.15, 0.2) is 11.5 Å². The predicted molar refractivity (Wildman–Crippen MR) is 127 cm³/mol. The second-order valence-electron chi connectivity index (χ2n) is 7.86. The minimum Gasteiger partial charge on any atom is -0.493 e. The minimum atomic E-state index is -0.922. The first-order valence-electron chi connectivity index (χ1n) is 10.8. The molecule has 0 spiro atoms. The summed E-state index contributed by atoms with van der Waals surface area (Å²) in [6.45, 7) is 4.85. The third-order valence-electron chi connectivity index (χ3n) is 4.92. The molecule has 0 radical (unpaired) electrons. The van der Waals surface area contributed by atoms with E-state index in [4.69, 9.17) is 25.8 Å². The molecule has 0 bridgehead atoms. The summed E-state index contributed by atoms with van der Waals surface area (Å²) in [7, 11) is 1.54. The Hall–Kier alpha value is -3.19. The molecule has 1 aromatic heterocycles. The Morgan fingerprint density at radius 2 is 1.91 bits per heavy atom. The molecule has 0 unspecified atom stereocenters. The first-order valence-corrected chi connectivity index (χ1v) is 11.2. The van der Waals surface area contributed by atoms with Crippen molar-refractivity contribution in [2.45, 2.75) is 45.8 Å². The molecule has 1 N–H and O–H groups in total. The zero-order valence-corrected chi connectivity index (χ0v) is 19.8. The molecule has 0 saturated carbocycles. The van der Waals surface area contributed by atoms with Gasteiger partial charge in [0.2, 0.25) is 5.88 Å². The summed E-state index contributed by atoms with van der Waals surface area (Å²) in [6, 6.07) is 14.9. The molecule has 7 nitrogen and oxygen atoms in total. The SMILES string of the molecule is COc1cccc(CC(=O)O)c1OCCCc1cc(OC(C)C)nn1Cc1ccccc1Cl. The first-order chi connectivity index (χ1) is 15.9. The number of ether oxygens (including phenoxy) is 3. The summed E-state index contributed by atoms with van der Waals surface area (Å²) >= 11 is 6.35. The predicted octanol–water partition coefficient (Wildman–Crippen LogP) is 5.02. The number of carbonyl (C=O) groups is 1. The Morgan fingerprint density at radius 1 is 1.15 bits per heavy atom. The van der Waals surface area contributed by atoms with E-state index >= 15 is 0 Å². The van der Waals surface area contributed by atoms with Gasteiger partial charge in [-0.2, -0.15) is 0 Å².